The van der Waals surface area contributed by atoms with Gasteiger partial charge in [-0.3, -0.25) is 4.79 Å². The van der Waals surface area contributed by atoms with Gasteiger partial charge in [0.25, 0.3) is 5.91 Å². The molecule has 1 heterocycles. The van der Waals surface area contributed by atoms with E-state index in [9.17, 15) is 4.79 Å². The van der Waals surface area contributed by atoms with Crippen molar-refractivity contribution in [1.82, 2.24) is 4.98 Å². The van der Waals surface area contributed by atoms with Gasteiger partial charge in [-0.1, -0.05) is 23.2 Å². The third-order valence-corrected chi connectivity index (χ3v) is 3.04. The first-order valence-electron chi connectivity index (χ1n) is 6.14. The Labute approximate surface area is 137 Å². The molecule has 0 atom stereocenters. The van der Waals surface area contributed by atoms with Crippen LogP contribution in [0.3, 0.4) is 0 Å². The van der Waals surface area contributed by atoms with Crippen LogP contribution in [0.5, 0.6) is 0 Å². The smallest absolute Gasteiger partial charge is 0.267 e. The highest BCUT2D eigenvalue weighted by Gasteiger charge is 2.09. The van der Waals surface area contributed by atoms with Crippen molar-refractivity contribution in [3.63, 3.8) is 0 Å². The number of nitrogens with zero attached hydrogens (tertiary/aromatic N) is 2. The number of hydrogen-bond donors (Lipinski definition) is 2. The highest BCUT2D eigenvalue weighted by atomic mass is 35.5. The molecule has 2 aromatic rings. The molecule has 1 aromatic carbocycles. The fourth-order valence-electron chi connectivity index (χ4n) is 1.51. The van der Waals surface area contributed by atoms with Crippen LogP contribution in [-0.2, 0) is 4.79 Å². The van der Waals surface area contributed by atoms with Gasteiger partial charge in [-0.15, -0.1) is 0 Å². The van der Waals surface area contributed by atoms with Crippen LogP contribution in [0, 0.1) is 11.3 Å². The van der Waals surface area contributed by atoms with Gasteiger partial charge in [-0.2, -0.15) is 5.26 Å². The summed E-state index contributed by atoms with van der Waals surface area (Å²) >= 11 is 11.6. The van der Waals surface area contributed by atoms with Gasteiger partial charge in [0.2, 0.25) is 0 Å². The number of carbonyl (C=O) groups excluding carboxylic acids is 1. The van der Waals surface area contributed by atoms with Crippen LogP contribution in [0.25, 0.3) is 0 Å². The molecule has 0 saturated carbocycles. The summed E-state index contributed by atoms with van der Waals surface area (Å²) in [6.07, 6.45) is 2.78. The zero-order chi connectivity index (χ0) is 15.9. The number of carbonyl (C=O) groups is 1. The Morgan fingerprint density at radius 1 is 1.18 bits per heavy atom. The first kappa shape index (κ1) is 15.8. The zero-order valence-corrected chi connectivity index (χ0v) is 12.7. The van der Waals surface area contributed by atoms with Crippen LogP contribution >= 0.6 is 23.2 Å². The van der Waals surface area contributed by atoms with Crippen molar-refractivity contribution in [3.05, 3.63) is 64.4 Å². The van der Waals surface area contributed by atoms with Crippen molar-refractivity contribution in [3.8, 4) is 6.07 Å². The second kappa shape index (κ2) is 7.46. The molecule has 0 aliphatic rings. The largest absolute Gasteiger partial charge is 0.345 e. The van der Waals surface area contributed by atoms with Crippen molar-refractivity contribution in [2.75, 3.05) is 10.6 Å². The summed E-state index contributed by atoms with van der Waals surface area (Å²) in [5, 5.41) is 15.5. The lowest BCUT2D eigenvalue weighted by molar-refractivity contribution is -0.112. The van der Waals surface area contributed by atoms with E-state index in [-0.39, 0.29) is 5.57 Å². The van der Waals surface area contributed by atoms with Gasteiger partial charge in [0.15, 0.2) is 0 Å². The summed E-state index contributed by atoms with van der Waals surface area (Å²) in [6, 6.07) is 11.6. The minimum Gasteiger partial charge on any atom is -0.345 e. The Bertz CT molecular complexity index is 751. The Hall–Kier alpha value is -2.55. The molecule has 22 heavy (non-hydrogen) atoms. The standard InChI is InChI=1S/C15H10Cl2N4O/c16-11-1-3-13(4-2-11)21-15(22)10(8-18)9-20-14-7-12(17)5-6-19-14/h1-7,9H,(H,19,20)(H,21,22)/b10-9-. The first-order chi connectivity index (χ1) is 10.6. The minimum atomic E-state index is -0.542. The Kier molecular flexibility index (Phi) is 5.37. The predicted octanol–water partition coefficient (Wildman–Crippen LogP) is 3.85. The summed E-state index contributed by atoms with van der Waals surface area (Å²) < 4.78 is 0. The fourth-order valence-corrected chi connectivity index (χ4v) is 1.80. The molecule has 0 aliphatic heterocycles. The van der Waals surface area contributed by atoms with E-state index in [1.165, 1.54) is 12.4 Å². The molecule has 2 rings (SSSR count). The van der Waals surface area contributed by atoms with E-state index in [0.29, 0.717) is 21.6 Å². The summed E-state index contributed by atoms with van der Waals surface area (Å²) in [7, 11) is 0. The number of benzene rings is 1. The van der Waals surface area contributed by atoms with Crippen LogP contribution < -0.4 is 10.6 Å². The van der Waals surface area contributed by atoms with E-state index in [2.05, 4.69) is 15.6 Å². The maximum Gasteiger partial charge on any atom is 0.267 e. The molecule has 0 saturated heterocycles. The van der Waals surface area contributed by atoms with E-state index >= 15 is 0 Å². The number of pyridine rings is 1. The number of halogens is 2. The Morgan fingerprint density at radius 3 is 2.55 bits per heavy atom. The van der Waals surface area contributed by atoms with E-state index < -0.39 is 5.91 Å². The topological polar surface area (TPSA) is 77.8 Å². The van der Waals surface area contributed by atoms with Crippen molar-refractivity contribution in [1.29, 1.82) is 5.26 Å². The molecule has 0 bridgehead atoms. The number of anilines is 2. The van der Waals surface area contributed by atoms with Crippen LogP contribution in [0.15, 0.2) is 54.4 Å². The van der Waals surface area contributed by atoms with Crippen molar-refractivity contribution in [2.45, 2.75) is 0 Å². The van der Waals surface area contributed by atoms with E-state index in [0.717, 1.165) is 0 Å². The zero-order valence-electron chi connectivity index (χ0n) is 11.2. The third-order valence-electron chi connectivity index (χ3n) is 2.55. The highest BCUT2D eigenvalue weighted by molar-refractivity contribution is 6.31. The maximum absolute atomic E-state index is 12.0. The van der Waals surface area contributed by atoms with Crippen LogP contribution in [-0.4, -0.2) is 10.9 Å². The quantitative estimate of drug-likeness (QED) is 0.658. The van der Waals surface area contributed by atoms with Crippen LogP contribution in [0.2, 0.25) is 10.0 Å². The second-order valence-corrected chi connectivity index (χ2v) is 5.01. The molecular weight excluding hydrogens is 323 g/mol. The molecule has 5 nitrogen and oxygen atoms in total. The number of rotatable bonds is 4. The van der Waals surface area contributed by atoms with Crippen LogP contribution in [0.4, 0.5) is 11.5 Å². The Morgan fingerprint density at radius 2 is 1.91 bits per heavy atom. The van der Waals surface area contributed by atoms with Gasteiger partial charge < -0.3 is 10.6 Å². The number of hydrogen-bond acceptors (Lipinski definition) is 4. The van der Waals surface area contributed by atoms with Gasteiger partial charge in [0.1, 0.15) is 17.5 Å². The lowest BCUT2D eigenvalue weighted by atomic mass is 10.2. The van der Waals surface area contributed by atoms with Crippen molar-refractivity contribution in [2.24, 2.45) is 0 Å². The molecule has 2 N–H and O–H groups in total. The molecule has 0 spiro atoms. The molecule has 0 unspecified atom stereocenters. The number of aromatic nitrogens is 1. The normalized spacial score (nSPS) is 10.7. The van der Waals surface area contributed by atoms with Gasteiger partial charge in [-0.25, -0.2) is 4.98 Å². The Balaban J connectivity index is 2.07. The van der Waals surface area contributed by atoms with Gasteiger partial charge in [-0.05, 0) is 36.4 Å². The van der Waals surface area contributed by atoms with E-state index in [1.54, 1.807) is 36.4 Å². The van der Waals surface area contributed by atoms with Crippen LogP contribution in [0.1, 0.15) is 0 Å². The molecular formula is C15H10Cl2N4O. The minimum absolute atomic E-state index is 0.100. The predicted molar refractivity (Wildman–Crippen MR) is 86.6 cm³/mol. The molecule has 1 aromatic heterocycles. The summed E-state index contributed by atoms with van der Waals surface area (Å²) in [5.74, 6) is -0.112. The molecule has 7 heteroatoms. The second-order valence-electron chi connectivity index (χ2n) is 4.13. The summed E-state index contributed by atoms with van der Waals surface area (Å²) in [4.78, 5) is 16.0. The average Bonchev–Trinajstić information content (AvgIpc) is 2.50. The molecule has 0 aliphatic carbocycles. The number of amides is 1. The maximum atomic E-state index is 12.0. The number of nitriles is 1. The first-order valence-corrected chi connectivity index (χ1v) is 6.89. The van der Waals surface area contributed by atoms with Crippen molar-refractivity contribution < 1.29 is 4.79 Å². The number of nitrogens with one attached hydrogen (secondary N) is 2. The monoisotopic (exact) mass is 332 g/mol. The molecule has 110 valence electrons. The highest BCUT2D eigenvalue weighted by Crippen LogP contribution is 2.15. The van der Waals surface area contributed by atoms with Gasteiger partial charge in [0, 0.05) is 28.1 Å². The lowest BCUT2D eigenvalue weighted by Crippen LogP contribution is -2.14. The van der Waals surface area contributed by atoms with Gasteiger partial charge >= 0.3 is 0 Å². The molecule has 1 amide bonds. The lowest BCUT2D eigenvalue weighted by Gasteiger charge is -2.05. The fraction of sp³-hybridized carbons (Fsp3) is 0. The summed E-state index contributed by atoms with van der Waals surface area (Å²) in [5.41, 5.74) is 0.438. The van der Waals surface area contributed by atoms with Gasteiger partial charge in [0.05, 0.1) is 0 Å². The molecule has 0 fully saturated rings. The average molecular weight is 333 g/mol. The van der Waals surface area contributed by atoms with E-state index in [1.807, 2.05) is 6.07 Å². The van der Waals surface area contributed by atoms with E-state index in [4.69, 9.17) is 28.5 Å². The summed E-state index contributed by atoms with van der Waals surface area (Å²) in [6.45, 7) is 0. The van der Waals surface area contributed by atoms with Crippen molar-refractivity contribution >= 4 is 40.6 Å². The third kappa shape index (κ3) is 4.48. The SMILES string of the molecule is N#C/C(=C/Nc1cc(Cl)ccn1)C(=O)Nc1ccc(Cl)cc1. The molecule has 0 radical (unpaired) electrons.